The Bertz CT molecular complexity index is 2870. The molecule has 0 aliphatic heterocycles. The van der Waals surface area contributed by atoms with E-state index in [0.717, 1.165) is 33.2 Å². The Labute approximate surface area is 348 Å². The number of pyridine rings is 2. The zero-order valence-electron chi connectivity index (χ0n) is 38.6. The van der Waals surface area contributed by atoms with E-state index in [0.29, 0.717) is 28.0 Å². The zero-order chi connectivity index (χ0) is 44.1. The smallest absolute Gasteiger partial charge is 0.121 e. The van der Waals surface area contributed by atoms with Gasteiger partial charge in [0.2, 0.25) is 0 Å². The first-order valence-electron chi connectivity index (χ1n) is 21.3. The van der Waals surface area contributed by atoms with Gasteiger partial charge in [-0.25, -0.2) is 0 Å². The summed E-state index contributed by atoms with van der Waals surface area (Å²) in [6.45, 7) is 7.48. The molecule has 8 rings (SSSR count). The molecule has 0 spiro atoms. The van der Waals surface area contributed by atoms with E-state index in [2.05, 4.69) is 47.8 Å². The average molecular weight is 924 g/mol. The van der Waals surface area contributed by atoms with Gasteiger partial charge in [-0.2, -0.15) is 0 Å². The molecule has 3 nitrogen and oxygen atoms in total. The number of furan rings is 1. The van der Waals surface area contributed by atoms with Crippen molar-refractivity contribution in [3.63, 3.8) is 0 Å². The molecular weight excluding hydrogens is 872 g/mol. The van der Waals surface area contributed by atoms with E-state index in [1.54, 1.807) is 30.3 Å². The Morgan fingerprint density at radius 2 is 1.53 bits per heavy atom. The van der Waals surface area contributed by atoms with Gasteiger partial charge in [0, 0.05) is 51.9 Å². The van der Waals surface area contributed by atoms with Crippen LogP contribution < -0.4 is 5.19 Å². The van der Waals surface area contributed by atoms with Crippen LogP contribution in [0.2, 0.25) is 19.6 Å². The number of nitrogens with zero attached hydrogens (tertiary/aromatic N) is 2. The first-order valence-corrected chi connectivity index (χ1v) is 21.3. The van der Waals surface area contributed by atoms with Crippen LogP contribution in [0.25, 0.3) is 66.7 Å². The summed E-state index contributed by atoms with van der Waals surface area (Å²) in [5.74, 6) is -0.271. The largest absolute Gasteiger partial charge is 0.501 e. The van der Waals surface area contributed by atoms with Crippen LogP contribution in [0.3, 0.4) is 0 Å². The summed E-state index contributed by atoms with van der Waals surface area (Å²) in [4.78, 5) is 8.94. The van der Waals surface area contributed by atoms with Gasteiger partial charge in [-0.1, -0.05) is 130 Å². The topological polar surface area (TPSA) is 38.9 Å². The maximum Gasteiger partial charge on any atom is 0.121 e. The van der Waals surface area contributed by atoms with Crippen molar-refractivity contribution in [3.05, 3.63) is 162 Å². The van der Waals surface area contributed by atoms with Gasteiger partial charge in [-0.15, -0.1) is 48.0 Å². The van der Waals surface area contributed by atoms with Crippen LogP contribution in [0.4, 0.5) is 4.39 Å². The van der Waals surface area contributed by atoms with E-state index < -0.39 is 27.2 Å². The van der Waals surface area contributed by atoms with Gasteiger partial charge in [0.25, 0.3) is 0 Å². The number of hydrogen-bond acceptors (Lipinski definition) is 3. The molecule has 0 fully saturated rings. The van der Waals surface area contributed by atoms with Gasteiger partial charge in [0.15, 0.2) is 0 Å². The molecular formula is C49H45FIrN2OSi-2. The van der Waals surface area contributed by atoms with Crippen molar-refractivity contribution in [1.82, 2.24) is 9.97 Å². The summed E-state index contributed by atoms with van der Waals surface area (Å²) in [5.41, 5.74) is 6.03. The molecule has 0 saturated carbocycles. The van der Waals surface area contributed by atoms with Crippen molar-refractivity contribution in [2.75, 3.05) is 0 Å². The van der Waals surface area contributed by atoms with Gasteiger partial charge in [0.1, 0.15) is 5.58 Å². The van der Waals surface area contributed by atoms with Crippen molar-refractivity contribution in [3.8, 4) is 44.8 Å². The first kappa shape index (κ1) is 31.2. The number of fused-ring (bicyclic) bond motifs is 3. The molecule has 279 valence electrons. The van der Waals surface area contributed by atoms with Crippen molar-refractivity contribution >= 4 is 35.2 Å². The second kappa shape index (κ2) is 16.0. The predicted octanol–water partition coefficient (Wildman–Crippen LogP) is 12.9. The summed E-state index contributed by atoms with van der Waals surface area (Å²) in [7, 11) is -1.30. The minimum atomic E-state index is -2.61. The van der Waals surface area contributed by atoms with Crippen molar-refractivity contribution in [2.24, 2.45) is 0 Å². The first-order chi connectivity index (χ1) is 28.6. The fourth-order valence-electron chi connectivity index (χ4n) is 6.26. The number of aromatic nitrogens is 2. The summed E-state index contributed by atoms with van der Waals surface area (Å²) in [5, 5.41) is 3.07. The van der Waals surface area contributed by atoms with Crippen LogP contribution >= 0.6 is 0 Å². The van der Waals surface area contributed by atoms with Gasteiger partial charge in [-0.3, -0.25) is 4.39 Å². The Morgan fingerprint density at radius 3 is 2.20 bits per heavy atom. The van der Waals surface area contributed by atoms with Crippen molar-refractivity contribution < 1.29 is 38.5 Å². The summed E-state index contributed by atoms with van der Waals surface area (Å²) in [6.07, 6.45) is 3.18. The molecule has 0 atom stereocenters. The standard InChI is InChI=1S/C35H30NO.C14H15FNSi.Ir/c1-22-18-26(35(3,4)5)15-17-27(22)31-20-32(36-21-23(31)2)30-13-9-12-29-28-16-14-25(19-33(28)37-34(29)30)24-10-7-6-8-11-24;1-17(2,3)13-8-9-14(16-10-13)11-4-6-12(15)7-5-11;/h6-12,14-21H,1-5H3;4,6-10H,1-3H3;/q2*-1;/i1D3,2D3,17D;;. The average Bonchev–Trinajstić information content (AvgIpc) is 3.58. The maximum atomic E-state index is 12.8. The fraction of sp³-hybridized carbons (Fsp3) is 0.184. The molecule has 0 bridgehead atoms. The van der Waals surface area contributed by atoms with Gasteiger partial charge in [-0.05, 0) is 80.7 Å². The van der Waals surface area contributed by atoms with E-state index >= 15 is 0 Å². The monoisotopic (exact) mass is 924 g/mol. The second-order valence-electron chi connectivity index (χ2n) is 15.4. The maximum absolute atomic E-state index is 12.8. The molecule has 0 unspecified atom stereocenters. The molecule has 0 aliphatic rings. The molecule has 0 aliphatic carbocycles. The van der Waals surface area contributed by atoms with E-state index in [1.165, 1.54) is 23.5 Å². The number of halogens is 1. The molecule has 0 amide bonds. The Hall–Kier alpha value is -5.00. The SMILES string of the molecule is C[Si](C)(C)c1ccc(-c2[c-]cc(F)cc2)nc1.[2H]c1cc(C(C)(C)C)cc(C([2H])([2H])[2H])c1-c1cc(-c2[c-]ccc3c2oc2cc(-c4ccccc4)ccc23)ncc1C([2H])([2H])[2H].[Ir]. The van der Waals surface area contributed by atoms with Gasteiger partial charge < -0.3 is 14.4 Å². The van der Waals surface area contributed by atoms with Crippen LogP contribution in [0.15, 0.2) is 132 Å². The third kappa shape index (κ3) is 8.63. The van der Waals surface area contributed by atoms with Crippen LogP contribution in [0.5, 0.6) is 0 Å². The van der Waals surface area contributed by atoms with Crippen molar-refractivity contribution in [2.45, 2.75) is 59.5 Å². The second-order valence-corrected chi connectivity index (χ2v) is 20.5. The van der Waals surface area contributed by atoms with Gasteiger partial charge >= 0.3 is 0 Å². The van der Waals surface area contributed by atoms with Crippen LogP contribution in [-0.2, 0) is 25.5 Å². The van der Waals surface area contributed by atoms with Crippen molar-refractivity contribution in [1.29, 1.82) is 0 Å². The summed E-state index contributed by atoms with van der Waals surface area (Å²) >= 11 is 0. The third-order valence-electron chi connectivity index (χ3n) is 9.46. The Morgan fingerprint density at radius 1 is 0.745 bits per heavy atom. The molecule has 3 aromatic heterocycles. The van der Waals surface area contributed by atoms with Crippen LogP contribution in [0.1, 0.15) is 47.1 Å². The van der Waals surface area contributed by atoms with E-state index in [-0.39, 0.29) is 54.2 Å². The van der Waals surface area contributed by atoms with E-state index in [4.69, 9.17) is 14.0 Å². The summed E-state index contributed by atoms with van der Waals surface area (Å²) < 4.78 is 77.8. The van der Waals surface area contributed by atoms with Gasteiger partial charge in [0.05, 0.1) is 15.0 Å². The fourth-order valence-corrected chi connectivity index (χ4v) is 7.29. The molecule has 5 aromatic carbocycles. The minimum absolute atomic E-state index is 0. The molecule has 0 N–H and O–H groups in total. The molecule has 1 radical (unpaired) electrons. The van der Waals surface area contributed by atoms with Crippen LogP contribution in [0, 0.1) is 31.7 Å². The number of rotatable bonds is 5. The quantitative estimate of drug-likeness (QED) is 0.128. The number of hydrogen-bond donors (Lipinski definition) is 0. The summed E-state index contributed by atoms with van der Waals surface area (Å²) in [6, 6.07) is 39.0. The minimum Gasteiger partial charge on any atom is -0.501 e. The Balaban J connectivity index is 0.000000299. The van der Waals surface area contributed by atoms with E-state index in [9.17, 15) is 4.39 Å². The predicted molar refractivity (Wildman–Crippen MR) is 226 cm³/mol. The third-order valence-corrected chi connectivity index (χ3v) is 11.5. The molecule has 8 aromatic rings. The van der Waals surface area contributed by atoms with Crippen LogP contribution in [-0.4, -0.2) is 18.0 Å². The molecule has 55 heavy (non-hydrogen) atoms. The zero-order valence-corrected chi connectivity index (χ0v) is 35.0. The molecule has 3 heterocycles. The Kier molecular flexibility index (Phi) is 9.08. The molecule has 0 saturated heterocycles. The normalized spacial score (nSPS) is 13.9. The van der Waals surface area contributed by atoms with E-state index in [1.807, 2.05) is 87.6 Å². The number of aryl methyl sites for hydroxylation is 2. The molecule has 6 heteroatoms. The number of benzene rings is 5.